The van der Waals surface area contributed by atoms with Crippen molar-refractivity contribution in [3.05, 3.63) is 23.8 Å². The second-order valence-electron chi connectivity index (χ2n) is 6.16. The molecule has 0 aromatic rings. The molecular weight excluding hydrogens is 244 g/mol. The SMILES string of the molecule is C=C(C)C(=CC(N)(CC)CC)CN=C(C)CC(C)CC. The van der Waals surface area contributed by atoms with E-state index in [4.69, 9.17) is 10.7 Å². The fourth-order valence-electron chi connectivity index (χ4n) is 2.04. The zero-order valence-electron chi connectivity index (χ0n) is 14.4. The highest BCUT2D eigenvalue weighted by atomic mass is 14.7. The summed E-state index contributed by atoms with van der Waals surface area (Å²) in [4.78, 5) is 4.72. The summed E-state index contributed by atoms with van der Waals surface area (Å²) in [5.74, 6) is 0.705. The average molecular weight is 278 g/mol. The van der Waals surface area contributed by atoms with Gasteiger partial charge in [0.05, 0.1) is 6.54 Å². The molecule has 20 heavy (non-hydrogen) atoms. The maximum Gasteiger partial charge on any atom is 0.0638 e. The van der Waals surface area contributed by atoms with E-state index < -0.39 is 0 Å². The summed E-state index contributed by atoms with van der Waals surface area (Å²) in [6.07, 6.45) is 6.34. The van der Waals surface area contributed by atoms with Gasteiger partial charge in [-0.15, -0.1) is 0 Å². The van der Waals surface area contributed by atoms with Crippen molar-refractivity contribution in [3.8, 4) is 0 Å². The van der Waals surface area contributed by atoms with Gasteiger partial charge in [0.25, 0.3) is 0 Å². The molecule has 2 nitrogen and oxygen atoms in total. The third-order valence-corrected chi connectivity index (χ3v) is 4.19. The van der Waals surface area contributed by atoms with E-state index in [-0.39, 0.29) is 5.54 Å². The van der Waals surface area contributed by atoms with Crippen LogP contribution in [-0.4, -0.2) is 17.8 Å². The summed E-state index contributed by atoms with van der Waals surface area (Å²) in [5, 5.41) is 0. The lowest BCUT2D eigenvalue weighted by atomic mass is 9.90. The Morgan fingerprint density at radius 1 is 1.25 bits per heavy atom. The first-order valence-electron chi connectivity index (χ1n) is 7.94. The number of rotatable bonds is 9. The summed E-state index contributed by atoms with van der Waals surface area (Å²) in [7, 11) is 0. The number of nitrogens with two attached hydrogens (primary N) is 1. The second kappa shape index (κ2) is 9.12. The van der Waals surface area contributed by atoms with E-state index in [2.05, 4.69) is 47.3 Å². The summed E-state index contributed by atoms with van der Waals surface area (Å²) >= 11 is 0. The highest BCUT2D eigenvalue weighted by molar-refractivity contribution is 5.82. The van der Waals surface area contributed by atoms with Gasteiger partial charge in [-0.25, -0.2) is 0 Å². The van der Waals surface area contributed by atoms with Crippen LogP contribution >= 0.6 is 0 Å². The molecule has 0 fully saturated rings. The molecular formula is C18H34N2. The van der Waals surface area contributed by atoms with Crippen molar-refractivity contribution >= 4 is 5.71 Å². The molecule has 2 N–H and O–H groups in total. The van der Waals surface area contributed by atoms with Gasteiger partial charge in [0.2, 0.25) is 0 Å². The molecule has 0 amide bonds. The van der Waals surface area contributed by atoms with E-state index in [9.17, 15) is 0 Å². The van der Waals surface area contributed by atoms with Crippen LogP contribution in [0.2, 0.25) is 0 Å². The van der Waals surface area contributed by atoms with E-state index in [1.807, 2.05) is 6.92 Å². The van der Waals surface area contributed by atoms with Crippen LogP contribution in [0.4, 0.5) is 0 Å². The standard InChI is InChI=1S/C18H34N2/c1-8-15(6)11-16(7)20-13-17(14(4)5)12-18(19,9-2)10-3/h12,15H,4,8-11,13,19H2,1-3,5-7H3. The first-order valence-corrected chi connectivity index (χ1v) is 7.94. The molecule has 1 unspecified atom stereocenters. The van der Waals surface area contributed by atoms with Crippen molar-refractivity contribution in [1.29, 1.82) is 0 Å². The van der Waals surface area contributed by atoms with E-state index in [1.54, 1.807) is 0 Å². The summed E-state index contributed by atoms with van der Waals surface area (Å²) < 4.78 is 0. The van der Waals surface area contributed by atoms with Gasteiger partial charge in [0.15, 0.2) is 0 Å². The van der Waals surface area contributed by atoms with Crippen LogP contribution in [0.5, 0.6) is 0 Å². The molecule has 0 aliphatic heterocycles. The van der Waals surface area contributed by atoms with E-state index in [0.717, 1.165) is 24.8 Å². The Morgan fingerprint density at radius 2 is 1.80 bits per heavy atom. The van der Waals surface area contributed by atoms with Crippen LogP contribution in [0.3, 0.4) is 0 Å². The van der Waals surface area contributed by atoms with Gasteiger partial charge < -0.3 is 5.73 Å². The van der Waals surface area contributed by atoms with Gasteiger partial charge in [0.1, 0.15) is 0 Å². The molecule has 0 aliphatic carbocycles. The summed E-state index contributed by atoms with van der Waals surface area (Å²) in [6, 6.07) is 0. The normalized spacial score (nSPS) is 15.3. The molecule has 0 aromatic carbocycles. The minimum absolute atomic E-state index is 0.228. The van der Waals surface area contributed by atoms with Crippen molar-refractivity contribution in [2.75, 3.05) is 6.54 Å². The van der Waals surface area contributed by atoms with Crippen molar-refractivity contribution in [2.45, 2.75) is 72.8 Å². The van der Waals surface area contributed by atoms with Gasteiger partial charge in [-0.1, -0.05) is 52.3 Å². The van der Waals surface area contributed by atoms with Crippen LogP contribution in [0, 0.1) is 5.92 Å². The first kappa shape index (κ1) is 19.1. The average Bonchev–Trinajstić information content (AvgIpc) is 2.42. The highest BCUT2D eigenvalue weighted by Gasteiger charge is 2.18. The Hall–Kier alpha value is -0.890. The Bertz CT molecular complexity index is 360. The topological polar surface area (TPSA) is 38.4 Å². The zero-order chi connectivity index (χ0) is 15.8. The largest absolute Gasteiger partial charge is 0.322 e. The van der Waals surface area contributed by atoms with Crippen LogP contribution in [-0.2, 0) is 0 Å². The highest BCUT2D eigenvalue weighted by Crippen LogP contribution is 2.19. The Labute approximate surface area is 126 Å². The third-order valence-electron chi connectivity index (χ3n) is 4.19. The first-order chi connectivity index (χ1) is 9.27. The van der Waals surface area contributed by atoms with Gasteiger partial charge in [0, 0.05) is 11.3 Å². The maximum absolute atomic E-state index is 6.38. The smallest absolute Gasteiger partial charge is 0.0638 e. The molecule has 0 rings (SSSR count). The van der Waals surface area contributed by atoms with Crippen molar-refractivity contribution in [2.24, 2.45) is 16.6 Å². The van der Waals surface area contributed by atoms with Crippen LogP contribution in [0.15, 0.2) is 28.8 Å². The number of nitrogens with zero attached hydrogens (tertiary/aromatic N) is 1. The molecule has 0 aliphatic rings. The molecule has 1 atom stereocenters. The second-order valence-corrected chi connectivity index (χ2v) is 6.16. The molecule has 0 heterocycles. The molecule has 0 radical (unpaired) electrons. The lowest BCUT2D eigenvalue weighted by Gasteiger charge is -2.24. The van der Waals surface area contributed by atoms with Crippen LogP contribution in [0.25, 0.3) is 0 Å². The molecule has 2 heteroatoms. The van der Waals surface area contributed by atoms with E-state index >= 15 is 0 Å². The molecule has 116 valence electrons. The van der Waals surface area contributed by atoms with Crippen LogP contribution < -0.4 is 5.73 Å². The minimum atomic E-state index is -0.228. The van der Waals surface area contributed by atoms with E-state index in [0.29, 0.717) is 12.5 Å². The van der Waals surface area contributed by atoms with E-state index in [1.165, 1.54) is 17.7 Å². The lowest BCUT2D eigenvalue weighted by molar-refractivity contribution is 0.490. The number of hydrogen-bond donors (Lipinski definition) is 1. The number of aliphatic imine (C=N–C) groups is 1. The van der Waals surface area contributed by atoms with Crippen LogP contribution in [0.1, 0.15) is 67.2 Å². The third kappa shape index (κ3) is 7.04. The Morgan fingerprint density at radius 3 is 2.20 bits per heavy atom. The van der Waals surface area contributed by atoms with Gasteiger partial charge >= 0.3 is 0 Å². The predicted octanol–water partition coefficient (Wildman–Crippen LogP) is 4.90. The van der Waals surface area contributed by atoms with Crippen molar-refractivity contribution in [1.82, 2.24) is 0 Å². The fraction of sp³-hybridized carbons (Fsp3) is 0.722. The summed E-state index contributed by atoms with van der Waals surface area (Å²) in [5.41, 5.74) is 9.63. The molecule has 0 aromatic heterocycles. The number of hydrogen-bond acceptors (Lipinski definition) is 2. The molecule has 0 saturated heterocycles. The summed E-state index contributed by atoms with van der Waals surface area (Å²) in [6.45, 7) is 17.7. The molecule has 0 bridgehead atoms. The molecule has 0 saturated carbocycles. The quantitative estimate of drug-likeness (QED) is 0.472. The van der Waals surface area contributed by atoms with Crippen molar-refractivity contribution < 1.29 is 0 Å². The zero-order valence-corrected chi connectivity index (χ0v) is 14.4. The predicted molar refractivity (Wildman–Crippen MR) is 92.4 cm³/mol. The minimum Gasteiger partial charge on any atom is -0.322 e. The van der Waals surface area contributed by atoms with Gasteiger partial charge in [-0.05, 0) is 44.6 Å². The Balaban J connectivity index is 4.93. The van der Waals surface area contributed by atoms with Gasteiger partial charge in [-0.2, -0.15) is 0 Å². The molecule has 0 spiro atoms. The monoisotopic (exact) mass is 278 g/mol. The van der Waals surface area contributed by atoms with Crippen molar-refractivity contribution in [3.63, 3.8) is 0 Å². The Kier molecular flexibility index (Phi) is 8.71. The maximum atomic E-state index is 6.38. The lowest BCUT2D eigenvalue weighted by Crippen LogP contribution is -2.36. The fourth-order valence-corrected chi connectivity index (χ4v) is 2.04. The van der Waals surface area contributed by atoms with Gasteiger partial charge in [-0.3, -0.25) is 4.99 Å².